The monoisotopic (exact) mass is 137 g/mol. The maximum Gasteiger partial charge on any atom is 0.241 e. The fourth-order valence-corrected chi connectivity index (χ4v) is 0.885. The average Bonchev–Trinajstić information content (AvgIpc) is 2.31. The van der Waals surface area contributed by atoms with Crippen molar-refractivity contribution in [3.8, 4) is 0 Å². The van der Waals surface area contributed by atoms with Crippen molar-refractivity contribution in [2.75, 3.05) is 0 Å². The molecule has 0 saturated heterocycles. The Kier molecular flexibility index (Phi) is 2.37. The zero-order valence-corrected chi connectivity index (χ0v) is 6.13. The molecule has 1 aromatic heterocycles. The third kappa shape index (κ3) is 1.53. The zero-order chi connectivity index (χ0) is 7.40. The molecule has 0 aliphatic rings. The minimum absolute atomic E-state index is 0.0773. The SMILES string of the molecule is CCCCc1ccoc1[N]. The maximum atomic E-state index is 9.01. The molecule has 0 fully saturated rings. The molecular formula is C8H11NO. The summed E-state index contributed by atoms with van der Waals surface area (Å²) in [6.07, 6.45) is 4.68. The number of aryl methyl sites for hydroxylation is 1. The van der Waals surface area contributed by atoms with Crippen LogP contribution >= 0.6 is 0 Å². The highest BCUT2D eigenvalue weighted by Gasteiger charge is 2.01. The first-order valence-corrected chi connectivity index (χ1v) is 3.60. The van der Waals surface area contributed by atoms with Crippen LogP contribution in [-0.4, -0.2) is 0 Å². The van der Waals surface area contributed by atoms with Gasteiger partial charge in [-0.3, -0.25) is 0 Å². The third-order valence-electron chi connectivity index (χ3n) is 1.52. The van der Waals surface area contributed by atoms with Gasteiger partial charge in [-0.2, -0.15) is 0 Å². The van der Waals surface area contributed by atoms with Crippen molar-refractivity contribution in [1.29, 1.82) is 0 Å². The summed E-state index contributed by atoms with van der Waals surface area (Å²) in [4.78, 5) is 0. The van der Waals surface area contributed by atoms with E-state index in [-0.39, 0.29) is 5.88 Å². The van der Waals surface area contributed by atoms with Crippen LogP contribution in [0, 0.1) is 0 Å². The van der Waals surface area contributed by atoms with Crippen LogP contribution in [0.2, 0.25) is 0 Å². The van der Waals surface area contributed by atoms with Gasteiger partial charge < -0.3 is 4.42 Å². The van der Waals surface area contributed by atoms with Gasteiger partial charge in [-0.05, 0) is 18.9 Å². The minimum atomic E-state index is 0.0773. The molecule has 2 radical (unpaired) electrons. The Bertz CT molecular complexity index is 193. The number of rotatable bonds is 3. The van der Waals surface area contributed by atoms with E-state index in [1.807, 2.05) is 6.07 Å². The molecule has 2 heteroatoms. The molecule has 10 heavy (non-hydrogen) atoms. The molecule has 0 unspecified atom stereocenters. The Hall–Kier alpha value is -0.920. The second-order valence-electron chi connectivity index (χ2n) is 2.35. The quantitative estimate of drug-likeness (QED) is 0.629. The number of nitrogens with zero attached hydrogens (tertiary/aromatic N) is 1. The Morgan fingerprint density at radius 2 is 2.40 bits per heavy atom. The molecule has 1 rings (SSSR count). The molecular weight excluding hydrogens is 126 g/mol. The molecule has 0 amide bonds. The smallest absolute Gasteiger partial charge is 0.241 e. The van der Waals surface area contributed by atoms with Crippen LogP contribution in [0.25, 0.3) is 0 Å². The van der Waals surface area contributed by atoms with Gasteiger partial charge in [0.05, 0.1) is 6.26 Å². The highest BCUT2D eigenvalue weighted by atomic mass is 16.3. The molecule has 0 bridgehead atoms. The number of furan rings is 1. The van der Waals surface area contributed by atoms with E-state index in [0.29, 0.717) is 0 Å². The number of unbranched alkanes of at least 4 members (excludes halogenated alkanes) is 1. The van der Waals surface area contributed by atoms with Crippen molar-refractivity contribution in [2.45, 2.75) is 26.2 Å². The Balaban J connectivity index is 2.49. The van der Waals surface area contributed by atoms with Gasteiger partial charge in [0, 0.05) is 5.56 Å². The summed E-state index contributed by atoms with van der Waals surface area (Å²) >= 11 is 0. The van der Waals surface area contributed by atoms with Gasteiger partial charge in [0.15, 0.2) is 0 Å². The second-order valence-corrected chi connectivity index (χ2v) is 2.35. The van der Waals surface area contributed by atoms with Gasteiger partial charge in [-0.15, -0.1) is 5.73 Å². The summed E-state index contributed by atoms with van der Waals surface area (Å²) in [5.41, 5.74) is 9.93. The standard InChI is InChI=1S/C8H11NO/c1-2-3-4-7-5-6-10-8(7)9/h5-6H,2-4H2,1H3. The van der Waals surface area contributed by atoms with Gasteiger partial charge in [-0.25, -0.2) is 0 Å². The summed E-state index contributed by atoms with van der Waals surface area (Å²) in [7, 11) is 0. The van der Waals surface area contributed by atoms with Crippen molar-refractivity contribution >= 4 is 5.88 Å². The molecule has 1 heterocycles. The highest BCUT2D eigenvalue weighted by Crippen LogP contribution is 2.16. The van der Waals surface area contributed by atoms with Crippen molar-refractivity contribution < 1.29 is 4.42 Å². The van der Waals surface area contributed by atoms with E-state index < -0.39 is 0 Å². The lowest BCUT2D eigenvalue weighted by atomic mass is 10.1. The van der Waals surface area contributed by atoms with E-state index in [1.54, 1.807) is 0 Å². The largest absolute Gasteiger partial charge is 0.445 e. The van der Waals surface area contributed by atoms with Crippen LogP contribution in [0.5, 0.6) is 0 Å². The van der Waals surface area contributed by atoms with Crippen LogP contribution < -0.4 is 5.73 Å². The van der Waals surface area contributed by atoms with Crippen molar-refractivity contribution in [3.05, 3.63) is 17.9 Å². The van der Waals surface area contributed by atoms with Gasteiger partial charge >= 0.3 is 0 Å². The van der Waals surface area contributed by atoms with Gasteiger partial charge in [0.1, 0.15) is 0 Å². The second kappa shape index (κ2) is 3.30. The van der Waals surface area contributed by atoms with Gasteiger partial charge in [-0.1, -0.05) is 13.3 Å². The molecule has 0 atom stereocenters. The zero-order valence-electron chi connectivity index (χ0n) is 6.13. The molecule has 0 aliphatic heterocycles. The Labute approximate surface area is 61.0 Å². The highest BCUT2D eigenvalue weighted by molar-refractivity contribution is 5.31. The van der Waals surface area contributed by atoms with Crippen LogP contribution in [0.1, 0.15) is 25.3 Å². The maximum absolute atomic E-state index is 9.01. The van der Waals surface area contributed by atoms with Crippen molar-refractivity contribution in [2.24, 2.45) is 0 Å². The predicted molar refractivity (Wildman–Crippen MR) is 39.1 cm³/mol. The Morgan fingerprint density at radius 3 is 2.90 bits per heavy atom. The van der Waals surface area contributed by atoms with Gasteiger partial charge in [0.2, 0.25) is 5.88 Å². The first-order valence-electron chi connectivity index (χ1n) is 3.60. The van der Waals surface area contributed by atoms with Crippen molar-refractivity contribution in [1.82, 2.24) is 5.73 Å². The van der Waals surface area contributed by atoms with E-state index >= 15 is 0 Å². The minimum Gasteiger partial charge on any atom is -0.445 e. The molecule has 54 valence electrons. The van der Waals surface area contributed by atoms with E-state index in [2.05, 4.69) is 6.92 Å². The van der Waals surface area contributed by atoms with Crippen LogP contribution in [0.15, 0.2) is 16.7 Å². The van der Waals surface area contributed by atoms with Crippen LogP contribution in [0.3, 0.4) is 0 Å². The molecule has 2 nitrogen and oxygen atoms in total. The molecule has 0 N–H and O–H groups in total. The fraction of sp³-hybridized carbons (Fsp3) is 0.500. The van der Waals surface area contributed by atoms with E-state index in [9.17, 15) is 0 Å². The summed E-state index contributed by atoms with van der Waals surface area (Å²) in [6.45, 7) is 2.12. The molecule has 1 aromatic rings. The topological polar surface area (TPSA) is 35.4 Å². The van der Waals surface area contributed by atoms with Crippen LogP contribution in [0.4, 0.5) is 5.88 Å². The summed E-state index contributed by atoms with van der Waals surface area (Å²) in [5.74, 6) is 0.0773. The molecule has 0 spiro atoms. The number of hydrogen-bond acceptors (Lipinski definition) is 1. The van der Waals surface area contributed by atoms with E-state index in [1.165, 1.54) is 6.26 Å². The first-order chi connectivity index (χ1) is 4.84. The summed E-state index contributed by atoms with van der Waals surface area (Å²) in [6, 6.07) is 1.81. The fourth-order valence-electron chi connectivity index (χ4n) is 0.885. The van der Waals surface area contributed by atoms with E-state index in [4.69, 9.17) is 10.2 Å². The first kappa shape index (κ1) is 7.19. The lowest BCUT2D eigenvalue weighted by Gasteiger charge is -1.92. The molecule has 0 aromatic carbocycles. The lowest BCUT2D eigenvalue weighted by Crippen LogP contribution is -1.81. The summed E-state index contributed by atoms with van der Waals surface area (Å²) < 4.78 is 4.72. The Morgan fingerprint density at radius 1 is 1.60 bits per heavy atom. The summed E-state index contributed by atoms with van der Waals surface area (Å²) in [5, 5.41) is 0. The predicted octanol–water partition coefficient (Wildman–Crippen LogP) is 2.32. The average molecular weight is 137 g/mol. The third-order valence-corrected chi connectivity index (χ3v) is 1.52. The molecule has 0 saturated carbocycles. The normalized spacial score (nSPS) is 10.1. The van der Waals surface area contributed by atoms with E-state index in [0.717, 1.165) is 24.8 Å². The van der Waals surface area contributed by atoms with Crippen molar-refractivity contribution in [3.63, 3.8) is 0 Å². The van der Waals surface area contributed by atoms with Crippen LogP contribution in [-0.2, 0) is 6.42 Å². The number of hydrogen-bond donors (Lipinski definition) is 0. The van der Waals surface area contributed by atoms with Gasteiger partial charge in [0.25, 0.3) is 0 Å². The lowest BCUT2D eigenvalue weighted by molar-refractivity contribution is 0.569. The molecule has 0 aliphatic carbocycles.